The van der Waals surface area contributed by atoms with E-state index in [0.29, 0.717) is 24.8 Å². The van der Waals surface area contributed by atoms with Crippen molar-refractivity contribution in [3.8, 4) is 17.2 Å². The Morgan fingerprint density at radius 1 is 1.10 bits per heavy atom. The summed E-state index contributed by atoms with van der Waals surface area (Å²) < 4.78 is 11.2. The van der Waals surface area contributed by atoms with Crippen molar-refractivity contribution >= 4 is 17.3 Å². The van der Waals surface area contributed by atoms with Crippen molar-refractivity contribution in [2.75, 3.05) is 18.5 Å². The summed E-state index contributed by atoms with van der Waals surface area (Å²) in [5.41, 5.74) is 1.65. The standard InChI is InChI=1S/C16H16ClNO3/c17-13-4-1-3-11(16(13)19)10-18-12-5-6-14-15(9-12)21-8-2-7-20-14/h1,3-6,9,18-19H,2,7-8,10H2. The Balaban J connectivity index is 1.73. The van der Waals surface area contributed by atoms with Gasteiger partial charge in [0.2, 0.25) is 0 Å². The summed E-state index contributed by atoms with van der Waals surface area (Å²) in [6, 6.07) is 11.0. The fourth-order valence-electron chi connectivity index (χ4n) is 2.17. The Hall–Kier alpha value is -2.07. The average molecular weight is 306 g/mol. The molecular formula is C16H16ClNO3. The fourth-order valence-corrected chi connectivity index (χ4v) is 2.37. The van der Waals surface area contributed by atoms with E-state index in [2.05, 4.69) is 5.32 Å². The maximum Gasteiger partial charge on any atom is 0.163 e. The first-order valence-corrected chi connectivity index (χ1v) is 7.22. The Morgan fingerprint density at radius 3 is 2.76 bits per heavy atom. The SMILES string of the molecule is Oc1c(Cl)cccc1CNc1ccc2c(c1)OCCCO2. The maximum atomic E-state index is 9.89. The topological polar surface area (TPSA) is 50.7 Å². The predicted molar refractivity (Wildman–Crippen MR) is 82.5 cm³/mol. The molecule has 0 radical (unpaired) electrons. The van der Waals surface area contributed by atoms with Crippen LogP contribution < -0.4 is 14.8 Å². The van der Waals surface area contributed by atoms with Gasteiger partial charge in [-0.1, -0.05) is 23.7 Å². The molecule has 0 atom stereocenters. The van der Waals surface area contributed by atoms with Crippen LogP contribution in [0.5, 0.6) is 17.2 Å². The zero-order valence-corrected chi connectivity index (χ0v) is 12.2. The molecule has 2 N–H and O–H groups in total. The lowest BCUT2D eigenvalue weighted by atomic mass is 10.2. The lowest BCUT2D eigenvalue weighted by Crippen LogP contribution is -2.00. The number of anilines is 1. The van der Waals surface area contributed by atoms with Crippen LogP contribution in [0, 0.1) is 0 Å². The van der Waals surface area contributed by atoms with Gasteiger partial charge in [-0.3, -0.25) is 0 Å². The number of aromatic hydroxyl groups is 1. The molecule has 1 aliphatic rings. The van der Waals surface area contributed by atoms with Gasteiger partial charge >= 0.3 is 0 Å². The summed E-state index contributed by atoms with van der Waals surface area (Å²) in [6.45, 7) is 1.81. The van der Waals surface area contributed by atoms with Crippen molar-refractivity contribution in [3.63, 3.8) is 0 Å². The van der Waals surface area contributed by atoms with Crippen LogP contribution in [-0.4, -0.2) is 18.3 Å². The molecule has 1 aliphatic heterocycles. The van der Waals surface area contributed by atoms with Crippen LogP contribution in [0.25, 0.3) is 0 Å². The van der Waals surface area contributed by atoms with Gasteiger partial charge in [0.05, 0.1) is 18.2 Å². The van der Waals surface area contributed by atoms with E-state index in [4.69, 9.17) is 21.1 Å². The molecule has 110 valence electrons. The van der Waals surface area contributed by atoms with E-state index in [1.54, 1.807) is 6.07 Å². The molecular weight excluding hydrogens is 290 g/mol. The van der Waals surface area contributed by atoms with Gasteiger partial charge in [-0.05, 0) is 18.2 Å². The highest BCUT2D eigenvalue weighted by atomic mass is 35.5. The maximum absolute atomic E-state index is 9.89. The Kier molecular flexibility index (Phi) is 4.06. The molecule has 0 unspecified atom stereocenters. The zero-order valence-electron chi connectivity index (χ0n) is 11.4. The molecule has 0 bridgehead atoms. The summed E-state index contributed by atoms with van der Waals surface area (Å²) in [6.07, 6.45) is 0.883. The van der Waals surface area contributed by atoms with Crippen molar-refractivity contribution in [3.05, 3.63) is 47.0 Å². The molecule has 0 amide bonds. The first-order chi connectivity index (χ1) is 10.2. The molecule has 3 rings (SSSR count). The van der Waals surface area contributed by atoms with Gasteiger partial charge in [-0.25, -0.2) is 0 Å². The molecule has 4 nitrogen and oxygen atoms in total. The van der Waals surface area contributed by atoms with Crippen LogP contribution in [0.15, 0.2) is 36.4 Å². The summed E-state index contributed by atoms with van der Waals surface area (Å²) in [5, 5.41) is 13.5. The second-order valence-corrected chi connectivity index (χ2v) is 5.22. The van der Waals surface area contributed by atoms with E-state index in [1.165, 1.54) is 0 Å². The van der Waals surface area contributed by atoms with Gasteiger partial charge in [0, 0.05) is 30.3 Å². The third-order valence-electron chi connectivity index (χ3n) is 3.30. The van der Waals surface area contributed by atoms with E-state index in [9.17, 15) is 5.11 Å². The van der Waals surface area contributed by atoms with Crippen LogP contribution in [0.2, 0.25) is 5.02 Å². The van der Waals surface area contributed by atoms with E-state index < -0.39 is 0 Å². The largest absolute Gasteiger partial charge is 0.506 e. The van der Waals surface area contributed by atoms with Gasteiger partial charge in [0.25, 0.3) is 0 Å². The third-order valence-corrected chi connectivity index (χ3v) is 3.61. The van der Waals surface area contributed by atoms with E-state index >= 15 is 0 Å². The number of fused-ring (bicyclic) bond motifs is 1. The van der Waals surface area contributed by atoms with Gasteiger partial charge in [-0.2, -0.15) is 0 Å². The highest BCUT2D eigenvalue weighted by molar-refractivity contribution is 6.32. The lowest BCUT2D eigenvalue weighted by Gasteiger charge is -2.12. The molecule has 5 heteroatoms. The first-order valence-electron chi connectivity index (χ1n) is 6.84. The van der Waals surface area contributed by atoms with Crippen molar-refractivity contribution in [2.24, 2.45) is 0 Å². The molecule has 0 saturated carbocycles. The van der Waals surface area contributed by atoms with Crippen molar-refractivity contribution < 1.29 is 14.6 Å². The number of para-hydroxylation sites is 1. The van der Waals surface area contributed by atoms with Crippen LogP contribution in [0.4, 0.5) is 5.69 Å². The number of phenolic OH excluding ortho intramolecular Hbond substituents is 1. The smallest absolute Gasteiger partial charge is 0.163 e. The highest BCUT2D eigenvalue weighted by Crippen LogP contribution is 2.33. The highest BCUT2D eigenvalue weighted by Gasteiger charge is 2.11. The Morgan fingerprint density at radius 2 is 1.90 bits per heavy atom. The van der Waals surface area contributed by atoms with E-state index in [1.807, 2.05) is 30.3 Å². The van der Waals surface area contributed by atoms with Gasteiger partial charge in [0.1, 0.15) is 5.75 Å². The first kappa shape index (κ1) is 13.9. The zero-order chi connectivity index (χ0) is 14.7. The number of nitrogens with one attached hydrogen (secondary N) is 1. The number of halogens is 1. The minimum atomic E-state index is 0.112. The monoisotopic (exact) mass is 305 g/mol. The van der Waals surface area contributed by atoms with Gasteiger partial charge in [-0.15, -0.1) is 0 Å². The Bertz CT molecular complexity index is 645. The van der Waals surface area contributed by atoms with E-state index in [-0.39, 0.29) is 5.75 Å². The summed E-state index contributed by atoms with van der Waals surface area (Å²) in [7, 11) is 0. The molecule has 0 aromatic heterocycles. The predicted octanol–water partition coefficient (Wildman–Crippen LogP) is 3.82. The normalized spacial score (nSPS) is 13.6. The number of benzene rings is 2. The van der Waals surface area contributed by atoms with Crippen molar-refractivity contribution in [1.82, 2.24) is 0 Å². The molecule has 2 aromatic rings. The summed E-state index contributed by atoms with van der Waals surface area (Å²) >= 11 is 5.89. The molecule has 2 aromatic carbocycles. The van der Waals surface area contributed by atoms with Crippen LogP contribution in [0.1, 0.15) is 12.0 Å². The molecule has 0 fully saturated rings. The second-order valence-electron chi connectivity index (χ2n) is 4.81. The number of hydrogen-bond donors (Lipinski definition) is 2. The molecule has 1 heterocycles. The van der Waals surface area contributed by atoms with Crippen LogP contribution in [-0.2, 0) is 6.54 Å². The third kappa shape index (κ3) is 3.16. The van der Waals surface area contributed by atoms with Gasteiger partial charge in [0.15, 0.2) is 11.5 Å². The quantitative estimate of drug-likeness (QED) is 0.905. The number of phenols is 1. The molecule has 0 aliphatic carbocycles. The Labute approximate surface area is 128 Å². The summed E-state index contributed by atoms with van der Waals surface area (Å²) in [4.78, 5) is 0. The van der Waals surface area contributed by atoms with Crippen LogP contribution >= 0.6 is 11.6 Å². The van der Waals surface area contributed by atoms with E-state index in [0.717, 1.165) is 29.2 Å². The molecule has 0 saturated heterocycles. The van der Waals surface area contributed by atoms with Crippen LogP contribution in [0.3, 0.4) is 0 Å². The average Bonchev–Trinajstić information content (AvgIpc) is 2.73. The second kappa shape index (κ2) is 6.14. The number of hydrogen-bond acceptors (Lipinski definition) is 4. The number of rotatable bonds is 3. The lowest BCUT2D eigenvalue weighted by molar-refractivity contribution is 0.297. The van der Waals surface area contributed by atoms with Gasteiger partial charge < -0.3 is 19.9 Å². The van der Waals surface area contributed by atoms with Crippen molar-refractivity contribution in [1.29, 1.82) is 0 Å². The minimum Gasteiger partial charge on any atom is -0.506 e. The molecule has 0 spiro atoms. The number of ether oxygens (including phenoxy) is 2. The fraction of sp³-hybridized carbons (Fsp3) is 0.250. The summed E-state index contributed by atoms with van der Waals surface area (Å²) in [5.74, 6) is 1.62. The minimum absolute atomic E-state index is 0.112. The molecule has 21 heavy (non-hydrogen) atoms. The van der Waals surface area contributed by atoms with Crippen molar-refractivity contribution in [2.45, 2.75) is 13.0 Å².